The van der Waals surface area contributed by atoms with Crippen molar-refractivity contribution in [2.75, 3.05) is 17.1 Å². The zero-order valence-electron chi connectivity index (χ0n) is 20.7. The van der Waals surface area contributed by atoms with E-state index in [-0.39, 0.29) is 18.0 Å². The van der Waals surface area contributed by atoms with E-state index in [4.69, 9.17) is 9.72 Å². The van der Waals surface area contributed by atoms with Crippen molar-refractivity contribution in [1.29, 1.82) is 0 Å². The third-order valence-corrected chi connectivity index (χ3v) is 7.20. The molecule has 3 rings (SSSR count). The minimum absolute atomic E-state index is 0.121. The molecule has 0 aliphatic rings. The summed E-state index contributed by atoms with van der Waals surface area (Å²) < 4.78 is 38.6. The number of nitrogens with one attached hydrogen (secondary N) is 3. The van der Waals surface area contributed by atoms with Gasteiger partial charge in [-0.2, -0.15) is 8.42 Å². The second-order valence-electron chi connectivity index (χ2n) is 8.58. The zero-order valence-corrected chi connectivity index (χ0v) is 22.4. The smallest absolute Gasteiger partial charge is 0.407 e. The number of methoxy groups -OCH3 is 1. The molecule has 2 aromatic carbocycles. The molecule has 0 unspecified atom stereocenters. The molecule has 0 radical (unpaired) electrons. The van der Waals surface area contributed by atoms with Crippen LogP contribution in [0, 0.1) is 0 Å². The summed E-state index contributed by atoms with van der Waals surface area (Å²) in [5, 5.41) is 6.90. The number of aromatic nitrogens is 1. The molecule has 1 atom stereocenters. The number of aryl methyl sites for hydroxylation is 2. The standard InChI is InChI=1S/C25H30N4O6S2/c1-16(2)23-26-20(14-13-18-11-7-8-12-19(18)29-37(32,33)34)24(36-23)28-22(30)21(27-25(31)35-3)15-17-9-5-4-6-10-17/h4-12,16,21,29H,13-15H2,1-3H3,(H,27,31)(H,28,30)(H,32,33,34)/t21-/m0/s1. The maximum absolute atomic E-state index is 13.3. The van der Waals surface area contributed by atoms with Crippen molar-refractivity contribution < 1.29 is 27.3 Å². The highest BCUT2D eigenvalue weighted by Crippen LogP contribution is 2.31. The summed E-state index contributed by atoms with van der Waals surface area (Å²) in [6, 6.07) is 15.2. The van der Waals surface area contributed by atoms with Gasteiger partial charge in [0.25, 0.3) is 0 Å². The summed E-state index contributed by atoms with van der Waals surface area (Å²) in [6.07, 6.45) is 0.348. The predicted molar refractivity (Wildman–Crippen MR) is 143 cm³/mol. The molecule has 12 heteroatoms. The van der Waals surface area contributed by atoms with E-state index >= 15 is 0 Å². The fourth-order valence-electron chi connectivity index (χ4n) is 3.57. The Bertz CT molecular complexity index is 1330. The average molecular weight is 547 g/mol. The molecule has 37 heavy (non-hydrogen) atoms. The SMILES string of the molecule is COC(=O)N[C@@H](Cc1ccccc1)C(=O)Nc1sc(C(C)C)nc1CCc1ccccc1NS(=O)(=O)O. The van der Waals surface area contributed by atoms with Gasteiger partial charge < -0.3 is 15.4 Å². The number of carbonyl (C=O) groups is 2. The van der Waals surface area contributed by atoms with Gasteiger partial charge >= 0.3 is 16.4 Å². The maximum atomic E-state index is 13.3. The predicted octanol–water partition coefficient (Wildman–Crippen LogP) is 4.17. The third-order valence-electron chi connectivity index (χ3n) is 5.41. The molecule has 0 saturated heterocycles. The highest BCUT2D eigenvalue weighted by atomic mass is 32.2. The first-order valence-electron chi connectivity index (χ1n) is 11.6. The van der Waals surface area contributed by atoms with Crippen LogP contribution in [0.15, 0.2) is 54.6 Å². The van der Waals surface area contributed by atoms with E-state index in [9.17, 15) is 22.6 Å². The van der Waals surface area contributed by atoms with Crippen LogP contribution in [-0.4, -0.2) is 43.1 Å². The van der Waals surface area contributed by atoms with Crippen LogP contribution >= 0.6 is 11.3 Å². The first-order chi connectivity index (χ1) is 17.6. The second-order valence-corrected chi connectivity index (χ2v) is 10.8. The van der Waals surface area contributed by atoms with Crippen molar-refractivity contribution >= 4 is 44.3 Å². The molecule has 3 aromatic rings. The molecular formula is C25H30N4O6S2. The maximum Gasteiger partial charge on any atom is 0.407 e. The lowest BCUT2D eigenvalue weighted by molar-refractivity contribution is -0.118. The van der Waals surface area contributed by atoms with E-state index in [0.29, 0.717) is 29.1 Å². The van der Waals surface area contributed by atoms with Gasteiger partial charge in [0.1, 0.15) is 11.0 Å². The molecule has 0 saturated carbocycles. The van der Waals surface area contributed by atoms with Gasteiger partial charge in [-0.05, 0) is 30.0 Å². The lowest BCUT2D eigenvalue weighted by atomic mass is 10.1. The van der Waals surface area contributed by atoms with Gasteiger partial charge in [-0.15, -0.1) is 11.3 Å². The highest BCUT2D eigenvalue weighted by molar-refractivity contribution is 7.87. The molecule has 0 fully saturated rings. The fraction of sp³-hybridized carbons (Fsp3) is 0.320. The van der Waals surface area contributed by atoms with Crippen LogP contribution in [-0.2, 0) is 39.1 Å². The van der Waals surface area contributed by atoms with E-state index in [0.717, 1.165) is 10.6 Å². The Kier molecular flexibility index (Phi) is 9.61. The van der Waals surface area contributed by atoms with Gasteiger partial charge in [-0.25, -0.2) is 9.78 Å². The first kappa shape index (κ1) is 28.1. The summed E-state index contributed by atoms with van der Waals surface area (Å²) in [6.45, 7) is 3.99. The molecule has 0 aliphatic carbocycles. The van der Waals surface area contributed by atoms with Crippen LogP contribution in [0.25, 0.3) is 0 Å². The summed E-state index contributed by atoms with van der Waals surface area (Å²) in [5.41, 5.74) is 2.43. The van der Waals surface area contributed by atoms with Crippen molar-refractivity contribution in [3.8, 4) is 0 Å². The van der Waals surface area contributed by atoms with Crippen LogP contribution in [0.5, 0.6) is 0 Å². The summed E-state index contributed by atoms with van der Waals surface area (Å²) >= 11 is 1.36. The number of para-hydroxylation sites is 1. The number of ether oxygens (including phenoxy) is 1. The molecule has 10 nitrogen and oxygen atoms in total. The number of amides is 2. The number of carbonyl (C=O) groups excluding carboxylic acids is 2. The second kappa shape index (κ2) is 12.7. The Morgan fingerprint density at radius 1 is 1.05 bits per heavy atom. The van der Waals surface area contributed by atoms with Crippen molar-refractivity contribution in [2.24, 2.45) is 0 Å². The monoisotopic (exact) mass is 546 g/mol. The number of hydrogen-bond donors (Lipinski definition) is 4. The largest absolute Gasteiger partial charge is 0.453 e. The van der Waals surface area contributed by atoms with Crippen LogP contribution < -0.4 is 15.4 Å². The summed E-state index contributed by atoms with van der Waals surface area (Å²) in [7, 11) is -3.19. The Morgan fingerprint density at radius 3 is 2.38 bits per heavy atom. The number of benzene rings is 2. The Balaban J connectivity index is 1.82. The summed E-state index contributed by atoms with van der Waals surface area (Å²) in [5.74, 6) is -0.293. The normalized spacial score (nSPS) is 12.1. The minimum atomic E-state index is -4.43. The first-order valence-corrected chi connectivity index (χ1v) is 13.8. The lowest BCUT2D eigenvalue weighted by Gasteiger charge is -2.18. The highest BCUT2D eigenvalue weighted by Gasteiger charge is 2.24. The molecule has 2 amide bonds. The zero-order chi connectivity index (χ0) is 27.0. The Hall–Kier alpha value is -3.48. The van der Waals surface area contributed by atoms with Gasteiger partial charge in [-0.3, -0.25) is 14.1 Å². The van der Waals surface area contributed by atoms with Crippen molar-refractivity contribution in [3.63, 3.8) is 0 Å². The fourth-order valence-corrected chi connectivity index (χ4v) is 5.07. The van der Waals surface area contributed by atoms with Crippen LogP contribution in [0.3, 0.4) is 0 Å². The van der Waals surface area contributed by atoms with Crippen molar-refractivity contribution in [2.45, 2.75) is 45.1 Å². The van der Waals surface area contributed by atoms with Gasteiger partial charge in [0.2, 0.25) is 5.91 Å². The average Bonchev–Trinajstić information content (AvgIpc) is 3.25. The Morgan fingerprint density at radius 2 is 1.73 bits per heavy atom. The molecule has 1 aromatic heterocycles. The van der Waals surface area contributed by atoms with Gasteiger partial charge in [0.15, 0.2) is 0 Å². The van der Waals surface area contributed by atoms with Gasteiger partial charge in [0.05, 0.1) is 23.5 Å². The lowest BCUT2D eigenvalue weighted by Crippen LogP contribution is -2.45. The van der Waals surface area contributed by atoms with E-state index in [1.807, 2.05) is 44.2 Å². The number of anilines is 2. The molecule has 4 N–H and O–H groups in total. The van der Waals surface area contributed by atoms with E-state index in [1.165, 1.54) is 18.4 Å². The van der Waals surface area contributed by atoms with Crippen LogP contribution in [0.4, 0.5) is 15.5 Å². The van der Waals surface area contributed by atoms with E-state index in [1.54, 1.807) is 24.3 Å². The van der Waals surface area contributed by atoms with Crippen LogP contribution in [0.2, 0.25) is 0 Å². The Labute approximate surface area is 220 Å². The molecule has 0 spiro atoms. The van der Waals surface area contributed by atoms with Gasteiger partial charge in [-0.1, -0.05) is 62.4 Å². The molecule has 0 aliphatic heterocycles. The number of rotatable bonds is 11. The molecule has 198 valence electrons. The number of thiazole rings is 1. The third kappa shape index (κ3) is 8.55. The van der Waals surface area contributed by atoms with Gasteiger partial charge in [0, 0.05) is 12.3 Å². The molecular weight excluding hydrogens is 516 g/mol. The van der Waals surface area contributed by atoms with Crippen molar-refractivity contribution in [1.82, 2.24) is 10.3 Å². The minimum Gasteiger partial charge on any atom is -0.453 e. The quantitative estimate of drug-likeness (QED) is 0.264. The summed E-state index contributed by atoms with van der Waals surface area (Å²) in [4.78, 5) is 29.9. The van der Waals surface area contributed by atoms with E-state index in [2.05, 4.69) is 15.4 Å². The molecule has 0 bridgehead atoms. The number of nitrogens with zero attached hydrogens (tertiary/aromatic N) is 1. The molecule has 1 heterocycles. The topological polar surface area (TPSA) is 147 Å². The van der Waals surface area contributed by atoms with Crippen LogP contribution in [0.1, 0.15) is 41.6 Å². The number of hydrogen-bond acceptors (Lipinski definition) is 7. The van der Waals surface area contributed by atoms with E-state index < -0.39 is 28.3 Å². The number of alkyl carbamates (subject to hydrolysis) is 1. The van der Waals surface area contributed by atoms with Crippen molar-refractivity contribution in [3.05, 3.63) is 76.4 Å².